The van der Waals surface area contributed by atoms with E-state index >= 15 is 0 Å². The molecular weight excluding hydrogens is 301 g/mol. The molecule has 0 bridgehead atoms. The molecule has 118 valence electrons. The van der Waals surface area contributed by atoms with Crippen molar-refractivity contribution in [3.8, 4) is 0 Å². The minimum absolute atomic E-state index is 0.111. The van der Waals surface area contributed by atoms with Gasteiger partial charge in [-0.1, -0.05) is 36.8 Å². The number of sulfonamides is 1. The standard InChI is InChI=1S/C17H20FNO2S/c1-4-16(14-7-5-12(2)6-8-14)19-22(20,21)17-10-9-15(18)11-13(17)3/h5-11,16,19H,4H2,1-3H3/t16-/m0/s1. The Labute approximate surface area is 131 Å². The number of nitrogens with one attached hydrogen (secondary N) is 1. The van der Waals surface area contributed by atoms with Crippen molar-refractivity contribution >= 4 is 10.0 Å². The Morgan fingerprint density at radius 2 is 1.73 bits per heavy atom. The average Bonchev–Trinajstić information content (AvgIpc) is 2.45. The van der Waals surface area contributed by atoms with Crippen molar-refractivity contribution in [2.24, 2.45) is 0 Å². The van der Waals surface area contributed by atoms with Crippen LogP contribution < -0.4 is 4.72 Å². The summed E-state index contributed by atoms with van der Waals surface area (Å²) < 4.78 is 40.9. The van der Waals surface area contributed by atoms with Crippen LogP contribution in [-0.2, 0) is 10.0 Å². The number of aryl methyl sites for hydroxylation is 2. The fourth-order valence-corrected chi connectivity index (χ4v) is 3.89. The molecule has 0 aliphatic carbocycles. The fraction of sp³-hybridized carbons (Fsp3) is 0.294. The van der Waals surface area contributed by atoms with Crippen molar-refractivity contribution < 1.29 is 12.8 Å². The second-order valence-electron chi connectivity index (χ2n) is 5.40. The van der Waals surface area contributed by atoms with E-state index in [9.17, 15) is 12.8 Å². The lowest BCUT2D eigenvalue weighted by Gasteiger charge is -2.18. The highest BCUT2D eigenvalue weighted by atomic mass is 32.2. The summed E-state index contributed by atoms with van der Waals surface area (Å²) in [5.74, 6) is -0.443. The van der Waals surface area contributed by atoms with Crippen LogP contribution in [-0.4, -0.2) is 8.42 Å². The highest BCUT2D eigenvalue weighted by Gasteiger charge is 2.22. The molecule has 0 saturated heterocycles. The molecule has 0 fully saturated rings. The van der Waals surface area contributed by atoms with Crippen LogP contribution in [0.2, 0.25) is 0 Å². The van der Waals surface area contributed by atoms with Crippen LogP contribution in [0.4, 0.5) is 4.39 Å². The number of hydrogen-bond acceptors (Lipinski definition) is 2. The van der Waals surface area contributed by atoms with Gasteiger partial charge in [-0.25, -0.2) is 17.5 Å². The van der Waals surface area contributed by atoms with E-state index in [2.05, 4.69) is 4.72 Å². The van der Waals surface area contributed by atoms with E-state index in [1.165, 1.54) is 12.1 Å². The number of hydrogen-bond donors (Lipinski definition) is 1. The van der Waals surface area contributed by atoms with Gasteiger partial charge in [-0.2, -0.15) is 0 Å². The highest BCUT2D eigenvalue weighted by Crippen LogP contribution is 2.22. The molecule has 0 aliphatic rings. The van der Waals surface area contributed by atoms with E-state index in [1.54, 1.807) is 6.92 Å². The Kier molecular flexibility index (Phi) is 4.98. The number of halogens is 1. The summed E-state index contributed by atoms with van der Waals surface area (Å²) in [6, 6.07) is 11.1. The molecule has 1 atom stereocenters. The maximum Gasteiger partial charge on any atom is 0.241 e. The van der Waals surface area contributed by atoms with Crippen LogP contribution in [0.5, 0.6) is 0 Å². The van der Waals surface area contributed by atoms with E-state index in [1.807, 2.05) is 38.1 Å². The molecule has 0 spiro atoms. The third-order valence-electron chi connectivity index (χ3n) is 3.61. The molecule has 0 heterocycles. The second kappa shape index (κ2) is 6.58. The van der Waals surface area contributed by atoms with Crippen molar-refractivity contribution in [2.75, 3.05) is 0 Å². The summed E-state index contributed by atoms with van der Waals surface area (Å²) in [6.07, 6.45) is 0.628. The molecule has 0 saturated carbocycles. The number of benzene rings is 2. The van der Waals surface area contributed by atoms with Gasteiger partial charge in [0.1, 0.15) is 5.82 Å². The Morgan fingerprint density at radius 1 is 1.09 bits per heavy atom. The molecule has 3 nitrogen and oxygen atoms in total. The Hall–Kier alpha value is -1.72. The van der Waals surface area contributed by atoms with Crippen LogP contribution in [0.3, 0.4) is 0 Å². The first-order chi connectivity index (χ1) is 10.3. The lowest BCUT2D eigenvalue weighted by atomic mass is 10.0. The molecule has 1 N–H and O–H groups in total. The monoisotopic (exact) mass is 321 g/mol. The van der Waals surface area contributed by atoms with Gasteiger partial charge < -0.3 is 0 Å². The van der Waals surface area contributed by atoms with Crippen molar-refractivity contribution in [1.29, 1.82) is 0 Å². The summed E-state index contributed by atoms with van der Waals surface area (Å²) in [6.45, 7) is 5.49. The van der Waals surface area contributed by atoms with Crippen molar-refractivity contribution in [3.63, 3.8) is 0 Å². The zero-order chi connectivity index (χ0) is 16.3. The third-order valence-corrected chi connectivity index (χ3v) is 5.24. The summed E-state index contributed by atoms with van der Waals surface area (Å²) in [4.78, 5) is 0.111. The zero-order valence-corrected chi connectivity index (χ0v) is 13.7. The van der Waals surface area contributed by atoms with Gasteiger partial charge in [0.15, 0.2) is 0 Å². The molecule has 0 aromatic heterocycles. The third kappa shape index (κ3) is 3.72. The van der Waals surface area contributed by atoms with E-state index in [0.717, 1.165) is 17.2 Å². The zero-order valence-electron chi connectivity index (χ0n) is 12.9. The maximum atomic E-state index is 13.2. The predicted molar refractivity (Wildman–Crippen MR) is 85.7 cm³/mol. The van der Waals surface area contributed by atoms with Crippen LogP contribution in [0.25, 0.3) is 0 Å². The van der Waals surface area contributed by atoms with Crippen LogP contribution in [0.15, 0.2) is 47.4 Å². The first-order valence-corrected chi connectivity index (χ1v) is 8.67. The van der Waals surface area contributed by atoms with E-state index in [4.69, 9.17) is 0 Å². The van der Waals surface area contributed by atoms with Crippen molar-refractivity contribution in [1.82, 2.24) is 4.72 Å². The molecule has 0 amide bonds. The van der Waals surface area contributed by atoms with Crippen LogP contribution in [0.1, 0.15) is 36.1 Å². The van der Waals surface area contributed by atoms with Crippen LogP contribution in [0, 0.1) is 19.7 Å². The van der Waals surface area contributed by atoms with Gasteiger partial charge in [-0.15, -0.1) is 0 Å². The first-order valence-electron chi connectivity index (χ1n) is 7.18. The molecule has 0 aliphatic heterocycles. The SMILES string of the molecule is CC[C@H](NS(=O)(=O)c1ccc(F)cc1C)c1ccc(C)cc1. The van der Waals surface area contributed by atoms with Gasteiger partial charge in [0.05, 0.1) is 4.90 Å². The van der Waals surface area contributed by atoms with Gasteiger partial charge in [0.2, 0.25) is 10.0 Å². The Bertz CT molecular complexity index is 755. The van der Waals surface area contributed by atoms with Crippen LogP contribution >= 0.6 is 0 Å². The highest BCUT2D eigenvalue weighted by molar-refractivity contribution is 7.89. The molecule has 2 rings (SSSR count). The Morgan fingerprint density at radius 3 is 2.27 bits per heavy atom. The van der Waals surface area contributed by atoms with E-state index in [-0.39, 0.29) is 10.9 Å². The average molecular weight is 321 g/mol. The second-order valence-corrected chi connectivity index (χ2v) is 7.09. The molecular formula is C17H20FNO2S. The molecule has 22 heavy (non-hydrogen) atoms. The van der Waals surface area contributed by atoms with Gasteiger partial charge >= 0.3 is 0 Å². The summed E-state index contributed by atoms with van der Waals surface area (Å²) in [5, 5.41) is 0. The van der Waals surface area contributed by atoms with Gasteiger partial charge in [-0.3, -0.25) is 0 Å². The fourth-order valence-electron chi connectivity index (χ4n) is 2.35. The molecule has 0 radical (unpaired) electrons. The summed E-state index contributed by atoms with van der Waals surface area (Å²) >= 11 is 0. The maximum absolute atomic E-state index is 13.2. The van der Waals surface area contributed by atoms with Gasteiger partial charge in [-0.05, 0) is 49.6 Å². The van der Waals surface area contributed by atoms with E-state index < -0.39 is 15.8 Å². The normalized spacial score (nSPS) is 13.1. The van der Waals surface area contributed by atoms with Gasteiger partial charge in [0.25, 0.3) is 0 Å². The lowest BCUT2D eigenvalue weighted by molar-refractivity contribution is 0.549. The smallest absolute Gasteiger partial charge is 0.207 e. The first kappa shape index (κ1) is 16.6. The lowest BCUT2D eigenvalue weighted by Crippen LogP contribution is -2.28. The van der Waals surface area contributed by atoms with Gasteiger partial charge in [0, 0.05) is 6.04 Å². The largest absolute Gasteiger partial charge is 0.241 e. The predicted octanol–water partition coefficient (Wildman–Crippen LogP) is 3.87. The molecule has 2 aromatic rings. The minimum Gasteiger partial charge on any atom is -0.207 e. The summed E-state index contributed by atoms with van der Waals surface area (Å²) in [7, 11) is -3.69. The molecule has 2 aromatic carbocycles. The summed E-state index contributed by atoms with van der Waals surface area (Å²) in [5.41, 5.74) is 2.43. The molecule has 5 heteroatoms. The Balaban J connectivity index is 2.31. The number of rotatable bonds is 5. The van der Waals surface area contributed by atoms with Crippen molar-refractivity contribution in [3.05, 3.63) is 65.0 Å². The topological polar surface area (TPSA) is 46.2 Å². The quantitative estimate of drug-likeness (QED) is 0.908. The van der Waals surface area contributed by atoms with E-state index in [0.29, 0.717) is 12.0 Å². The minimum atomic E-state index is -3.69. The van der Waals surface area contributed by atoms with Crippen molar-refractivity contribution in [2.45, 2.75) is 38.1 Å². The molecule has 0 unspecified atom stereocenters.